The number of carbonyl (C=O) groups is 2. The van der Waals surface area contributed by atoms with Gasteiger partial charge in [-0.25, -0.2) is 4.79 Å². The van der Waals surface area contributed by atoms with Gasteiger partial charge in [0, 0.05) is 0 Å². The van der Waals surface area contributed by atoms with E-state index < -0.39 is 51.9 Å². The number of nitrogens with two attached hydrogens (primary N) is 1. The fourth-order valence-corrected chi connectivity index (χ4v) is 2.80. The van der Waals surface area contributed by atoms with Crippen LogP contribution in [0.1, 0.15) is 43.0 Å². The van der Waals surface area contributed by atoms with Gasteiger partial charge in [0.05, 0.1) is 11.1 Å². The molecule has 4 nitrogen and oxygen atoms in total. The topological polar surface area (TPSA) is 69.4 Å². The van der Waals surface area contributed by atoms with E-state index in [-0.39, 0.29) is 11.6 Å². The van der Waals surface area contributed by atoms with Gasteiger partial charge in [-0.05, 0) is 56.2 Å². The third-order valence-corrected chi connectivity index (χ3v) is 4.38. The number of hydrogen-bond acceptors (Lipinski definition) is 4. The van der Waals surface area contributed by atoms with Crippen LogP contribution in [0.15, 0.2) is 54.6 Å². The van der Waals surface area contributed by atoms with E-state index in [1.165, 1.54) is 45.0 Å². The molecule has 0 aliphatic heterocycles. The van der Waals surface area contributed by atoms with Gasteiger partial charge in [0.25, 0.3) is 0 Å². The van der Waals surface area contributed by atoms with Crippen LogP contribution in [0.3, 0.4) is 0 Å². The molecule has 178 valence electrons. The lowest BCUT2D eigenvalue weighted by atomic mass is 9.86. The summed E-state index contributed by atoms with van der Waals surface area (Å²) in [7, 11) is 0. The third-order valence-electron chi connectivity index (χ3n) is 4.38. The molecule has 0 aromatic heterocycles. The molecule has 0 saturated heterocycles. The van der Waals surface area contributed by atoms with Crippen LogP contribution in [-0.2, 0) is 32.2 Å². The lowest BCUT2D eigenvalue weighted by Gasteiger charge is -2.29. The highest BCUT2D eigenvalue weighted by Crippen LogP contribution is 2.36. The van der Waals surface area contributed by atoms with Crippen molar-refractivity contribution in [3.05, 3.63) is 76.9 Å². The minimum atomic E-state index is -5.05. The summed E-state index contributed by atoms with van der Waals surface area (Å²) >= 11 is 0. The normalized spacial score (nSPS) is 14.7. The number of carbonyl (C=O) groups excluding carboxylic acids is 2. The van der Waals surface area contributed by atoms with E-state index in [9.17, 15) is 35.9 Å². The monoisotopic (exact) mass is 473 g/mol. The maximum atomic E-state index is 13.1. The standard InChI is InChI=1S/C23H21F6NO3/c1-20(2,3)33-19(32)21(30,15-7-5-4-6-8-15)18(31)10-9-14-11-16(22(24,25)26)13-17(12-14)23(27,28)29/h4-13H,30H2,1-3H3. The minimum Gasteiger partial charge on any atom is -0.458 e. The van der Waals surface area contributed by atoms with Gasteiger partial charge in [0.2, 0.25) is 5.54 Å². The molecule has 0 fully saturated rings. The summed E-state index contributed by atoms with van der Waals surface area (Å²) in [5, 5.41) is 0. The zero-order chi connectivity index (χ0) is 25.2. The van der Waals surface area contributed by atoms with Crippen LogP contribution < -0.4 is 5.73 Å². The predicted octanol–water partition coefficient (Wildman–Crippen LogP) is 5.50. The van der Waals surface area contributed by atoms with E-state index in [1.54, 1.807) is 6.07 Å². The van der Waals surface area contributed by atoms with E-state index in [0.717, 1.165) is 6.08 Å². The van der Waals surface area contributed by atoms with Crippen molar-refractivity contribution in [1.82, 2.24) is 0 Å². The molecule has 2 rings (SSSR count). The van der Waals surface area contributed by atoms with E-state index in [0.29, 0.717) is 18.2 Å². The molecular formula is C23H21F6NO3. The van der Waals surface area contributed by atoms with Crippen molar-refractivity contribution in [3.63, 3.8) is 0 Å². The first-order chi connectivity index (χ1) is 14.9. The van der Waals surface area contributed by atoms with Crippen LogP contribution in [0.25, 0.3) is 6.08 Å². The number of esters is 1. The molecule has 10 heteroatoms. The first-order valence-electron chi connectivity index (χ1n) is 9.54. The molecule has 2 aromatic rings. The summed E-state index contributed by atoms with van der Waals surface area (Å²) in [6.07, 6.45) is -8.70. The Morgan fingerprint density at radius 1 is 0.818 bits per heavy atom. The van der Waals surface area contributed by atoms with Crippen LogP contribution in [0.2, 0.25) is 0 Å². The number of ketones is 1. The summed E-state index contributed by atoms with van der Waals surface area (Å²) in [6.45, 7) is 4.62. The van der Waals surface area contributed by atoms with E-state index in [2.05, 4.69) is 0 Å². The van der Waals surface area contributed by atoms with Crippen molar-refractivity contribution in [1.29, 1.82) is 0 Å². The molecule has 0 bridgehead atoms. The van der Waals surface area contributed by atoms with Crippen LogP contribution in [-0.4, -0.2) is 17.4 Å². The lowest BCUT2D eigenvalue weighted by molar-refractivity contribution is -0.163. The molecule has 0 spiro atoms. The smallest absolute Gasteiger partial charge is 0.416 e. The molecular weight excluding hydrogens is 452 g/mol. The van der Waals surface area contributed by atoms with E-state index in [1.807, 2.05) is 0 Å². The van der Waals surface area contributed by atoms with Gasteiger partial charge >= 0.3 is 18.3 Å². The lowest BCUT2D eigenvalue weighted by Crippen LogP contribution is -2.53. The van der Waals surface area contributed by atoms with Crippen LogP contribution in [0.5, 0.6) is 0 Å². The van der Waals surface area contributed by atoms with Gasteiger partial charge in [-0.2, -0.15) is 26.3 Å². The quantitative estimate of drug-likeness (QED) is 0.269. The van der Waals surface area contributed by atoms with Crippen molar-refractivity contribution < 1.29 is 40.7 Å². The molecule has 0 aliphatic carbocycles. The van der Waals surface area contributed by atoms with Crippen LogP contribution in [0.4, 0.5) is 26.3 Å². The molecule has 1 unspecified atom stereocenters. The number of hydrogen-bond donors (Lipinski definition) is 1. The van der Waals surface area contributed by atoms with Crippen LogP contribution >= 0.6 is 0 Å². The van der Waals surface area contributed by atoms with Crippen molar-refractivity contribution in [2.24, 2.45) is 5.73 Å². The number of benzene rings is 2. The number of halogens is 6. The van der Waals surface area contributed by atoms with Crippen molar-refractivity contribution >= 4 is 17.8 Å². The van der Waals surface area contributed by atoms with Crippen molar-refractivity contribution in [2.45, 2.75) is 44.3 Å². The SMILES string of the molecule is CC(C)(C)OC(=O)C(N)(C(=O)C=Cc1cc(C(F)(F)F)cc(C(F)(F)F)c1)c1ccccc1. The van der Waals surface area contributed by atoms with E-state index >= 15 is 0 Å². The highest BCUT2D eigenvalue weighted by Gasteiger charge is 2.45. The predicted molar refractivity (Wildman–Crippen MR) is 109 cm³/mol. The summed E-state index contributed by atoms with van der Waals surface area (Å²) in [5.41, 5.74) is -0.860. The highest BCUT2D eigenvalue weighted by atomic mass is 19.4. The highest BCUT2D eigenvalue weighted by molar-refractivity contribution is 6.15. The molecule has 0 aliphatic rings. The second-order valence-corrected chi connectivity index (χ2v) is 8.21. The Bertz CT molecular complexity index is 1020. The molecule has 1 atom stereocenters. The van der Waals surface area contributed by atoms with Gasteiger partial charge in [0.1, 0.15) is 5.60 Å². The van der Waals surface area contributed by atoms with Gasteiger partial charge in [-0.1, -0.05) is 36.4 Å². The van der Waals surface area contributed by atoms with Gasteiger partial charge in [-0.15, -0.1) is 0 Å². The largest absolute Gasteiger partial charge is 0.458 e. The van der Waals surface area contributed by atoms with Gasteiger partial charge in [-0.3, -0.25) is 4.79 Å². The third kappa shape index (κ3) is 6.44. The zero-order valence-electron chi connectivity index (χ0n) is 17.8. The van der Waals surface area contributed by atoms with Crippen molar-refractivity contribution in [2.75, 3.05) is 0 Å². The number of rotatable bonds is 5. The number of ether oxygens (including phenoxy) is 1. The Kier molecular flexibility index (Phi) is 7.13. The summed E-state index contributed by atoms with van der Waals surface area (Å²) in [5.74, 6) is -2.22. The molecule has 0 saturated carbocycles. The van der Waals surface area contributed by atoms with E-state index in [4.69, 9.17) is 10.5 Å². The van der Waals surface area contributed by atoms with Gasteiger partial charge in [0.15, 0.2) is 5.78 Å². The molecule has 2 aromatic carbocycles. The second-order valence-electron chi connectivity index (χ2n) is 8.21. The molecule has 0 amide bonds. The molecule has 33 heavy (non-hydrogen) atoms. The maximum Gasteiger partial charge on any atom is 0.416 e. The molecule has 0 radical (unpaired) electrons. The average Bonchev–Trinajstić information content (AvgIpc) is 2.69. The van der Waals surface area contributed by atoms with Crippen LogP contribution in [0, 0.1) is 0 Å². The molecule has 0 heterocycles. The average molecular weight is 473 g/mol. The maximum absolute atomic E-state index is 13.1. The van der Waals surface area contributed by atoms with Gasteiger partial charge < -0.3 is 10.5 Å². The Labute approximate surface area is 186 Å². The Hall–Kier alpha value is -3.14. The Morgan fingerprint density at radius 2 is 1.30 bits per heavy atom. The zero-order valence-corrected chi connectivity index (χ0v) is 17.8. The summed E-state index contributed by atoms with van der Waals surface area (Å²) in [6, 6.07) is 8.23. The fraction of sp³-hybridized carbons (Fsp3) is 0.304. The number of alkyl halides is 6. The Balaban J connectivity index is 2.54. The Morgan fingerprint density at radius 3 is 1.73 bits per heavy atom. The van der Waals surface area contributed by atoms with Crippen molar-refractivity contribution in [3.8, 4) is 0 Å². The first-order valence-corrected chi connectivity index (χ1v) is 9.54. The fourth-order valence-electron chi connectivity index (χ4n) is 2.80. The summed E-state index contributed by atoms with van der Waals surface area (Å²) < 4.78 is 83.7. The second kappa shape index (κ2) is 9.01. The molecule has 2 N–H and O–H groups in total. The minimum absolute atomic E-state index is 0.0307. The first kappa shape index (κ1) is 26.1. The summed E-state index contributed by atoms with van der Waals surface area (Å²) in [4.78, 5) is 25.8.